The van der Waals surface area contributed by atoms with Crippen molar-refractivity contribution in [2.45, 2.75) is 45.4 Å². The SMILES string of the molecule is CCCCN(C)C(=O)C1CC[NH+](C[C@H](C)c2ccccc2)CC1. The van der Waals surface area contributed by atoms with Gasteiger partial charge in [-0.2, -0.15) is 0 Å². The summed E-state index contributed by atoms with van der Waals surface area (Å²) in [5, 5.41) is 0. The lowest BCUT2D eigenvalue weighted by molar-refractivity contribution is -0.907. The Morgan fingerprint density at radius 1 is 1.26 bits per heavy atom. The van der Waals surface area contributed by atoms with Crippen molar-refractivity contribution in [1.29, 1.82) is 0 Å². The summed E-state index contributed by atoms with van der Waals surface area (Å²) in [6.07, 6.45) is 4.36. The van der Waals surface area contributed by atoms with Gasteiger partial charge in [-0.05, 0) is 12.0 Å². The lowest BCUT2D eigenvalue weighted by atomic mass is 9.93. The molecule has 23 heavy (non-hydrogen) atoms. The molecular formula is C20H33N2O+. The second-order valence-electron chi connectivity index (χ2n) is 7.15. The summed E-state index contributed by atoms with van der Waals surface area (Å²) in [6.45, 7) is 8.85. The number of benzene rings is 1. The van der Waals surface area contributed by atoms with E-state index >= 15 is 0 Å². The standard InChI is InChI=1S/C20H32N2O/c1-4-5-13-21(3)20(23)19-11-14-22(15-12-19)16-17(2)18-9-7-6-8-10-18/h6-10,17,19H,4-5,11-16H2,1-3H3/p+1/t17-/m0/s1. The molecule has 1 aromatic rings. The number of nitrogens with zero attached hydrogens (tertiary/aromatic N) is 1. The minimum atomic E-state index is 0.257. The molecule has 1 fully saturated rings. The second kappa shape index (κ2) is 9.07. The van der Waals surface area contributed by atoms with Gasteiger partial charge in [-0.3, -0.25) is 4.79 Å². The smallest absolute Gasteiger partial charge is 0.225 e. The normalized spacial score (nSPS) is 22.6. The molecule has 0 unspecified atom stereocenters. The molecule has 0 saturated carbocycles. The zero-order valence-electron chi connectivity index (χ0n) is 15.1. The number of carbonyl (C=O) groups is 1. The van der Waals surface area contributed by atoms with Crippen LogP contribution in [0, 0.1) is 5.92 Å². The fourth-order valence-electron chi connectivity index (χ4n) is 3.63. The molecule has 0 radical (unpaired) electrons. The number of amides is 1. The number of hydrogen-bond acceptors (Lipinski definition) is 1. The van der Waals surface area contributed by atoms with Gasteiger partial charge in [0.25, 0.3) is 0 Å². The highest BCUT2D eigenvalue weighted by Crippen LogP contribution is 2.15. The van der Waals surface area contributed by atoms with Crippen LogP contribution in [0.15, 0.2) is 30.3 Å². The lowest BCUT2D eigenvalue weighted by Gasteiger charge is -2.32. The molecule has 1 aromatic carbocycles. The molecule has 1 saturated heterocycles. The van der Waals surface area contributed by atoms with E-state index in [9.17, 15) is 4.79 Å². The Hall–Kier alpha value is -1.35. The molecule has 128 valence electrons. The number of quaternary nitrogens is 1. The van der Waals surface area contributed by atoms with Gasteiger partial charge in [0, 0.05) is 38.3 Å². The summed E-state index contributed by atoms with van der Waals surface area (Å²) in [5.41, 5.74) is 1.43. The number of unbranched alkanes of at least 4 members (excludes halogenated alkanes) is 1. The van der Waals surface area contributed by atoms with Crippen LogP contribution in [-0.4, -0.2) is 44.0 Å². The molecular weight excluding hydrogens is 284 g/mol. The van der Waals surface area contributed by atoms with E-state index in [-0.39, 0.29) is 5.92 Å². The van der Waals surface area contributed by atoms with Gasteiger partial charge in [-0.15, -0.1) is 0 Å². The minimum absolute atomic E-state index is 0.257. The van der Waals surface area contributed by atoms with E-state index in [0.717, 1.165) is 45.3 Å². The summed E-state index contributed by atoms with van der Waals surface area (Å²) < 4.78 is 0. The van der Waals surface area contributed by atoms with Crippen LogP contribution in [0.25, 0.3) is 0 Å². The summed E-state index contributed by atoms with van der Waals surface area (Å²) in [7, 11) is 1.97. The van der Waals surface area contributed by atoms with Gasteiger partial charge in [0.05, 0.1) is 19.6 Å². The average Bonchev–Trinajstić information content (AvgIpc) is 2.60. The monoisotopic (exact) mass is 317 g/mol. The Labute approximate surface area is 141 Å². The van der Waals surface area contributed by atoms with Crippen LogP contribution in [0.2, 0.25) is 0 Å². The van der Waals surface area contributed by atoms with Crippen LogP contribution in [0.4, 0.5) is 0 Å². The highest BCUT2D eigenvalue weighted by molar-refractivity contribution is 5.78. The Morgan fingerprint density at radius 2 is 1.91 bits per heavy atom. The third-order valence-corrected chi connectivity index (χ3v) is 5.23. The van der Waals surface area contributed by atoms with Crippen molar-refractivity contribution in [3.05, 3.63) is 35.9 Å². The first-order valence-corrected chi connectivity index (χ1v) is 9.25. The van der Waals surface area contributed by atoms with E-state index < -0.39 is 0 Å². The number of piperidine rings is 1. The van der Waals surface area contributed by atoms with Gasteiger partial charge in [0.1, 0.15) is 0 Å². The van der Waals surface area contributed by atoms with E-state index in [1.165, 1.54) is 12.1 Å². The van der Waals surface area contributed by atoms with Crippen molar-refractivity contribution in [2.75, 3.05) is 33.2 Å². The predicted molar refractivity (Wildman–Crippen MR) is 95.7 cm³/mol. The van der Waals surface area contributed by atoms with E-state index in [2.05, 4.69) is 44.2 Å². The van der Waals surface area contributed by atoms with E-state index in [1.807, 2.05) is 11.9 Å². The molecule has 0 bridgehead atoms. The zero-order chi connectivity index (χ0) is 16.7. The number of likely N-dealkylation sites (tertiary alicyclic amines) is 1. The van der Waals surface area contributed by atoms with Crippen molar-refractivity contribution in [3.8, 4) is 0 Å². The topological polar surface area (TPSA) is 24.8 Å². The van der Waals surface area contributed by atoms with Crippen molar-refractivity contribution < 1.29 is 9.69 Å². The zero-order valence-corrected chi connectivity index (χ0v) is 15.1. The molecule has 1 amide bonds. The molecule has 1 atom stereocenters. The lowest BCUT2D eigenvalue weighted by Crippen LogP contribution is -3.13. The Morgan fingerprint density at radius 3 is 2.52 bits per heavy atom. The van der Waals surface area contributed by atoms with Crippen LogP contribution < -0.4 is 4.90 Å². The van der Waals surface area contributed by atoms with Crippen LogP contribution >= 0.6 is 0 Å². The summed E-state index contributed by atoms with van der Waals surface area (Å²) >= 11 is 0. The van der Waals surface area contributed by atoms with E-state index in [0.29, 0.717) is 11.8 Å². The fourth-order valence-corrected chi connectivity index (χ4v) is 3.63. The van der Waals surface area contributed by atoms with Crippen LogP contribution in [0.1, 0.15) is 51.0 Å². The van der Waals surface area contributed by atoms with Crippen LogP contribution in [0.5, 0.6) is 0 Å². The maximum absolute atomic E-state index is 12.5. The number of nitrogens with one attached hydrogen (secondary N) is 1. The molecule has 1 N–H and O–H groups in total. The Balaban J connectivity index is 1.76. The fraction of sp³-hybridized carbons (Fsp3) is 0.650. The Bertz CT molecular complexity index is 466. The molecule has 3 nitrogen and oxygen atoms in total. The van der Waals surface area contributed by atoms with Crippen LogP contribution in [0.3, 0.4) is 0 Å². The van der Waals surface area contributed by atoms with Crippen LogP contribution in [-0.2, 0) is 4.79 Å². The maximum Gasteiger partial charge on any atom is 0.225 e. The summed E-state index contributed by atoms with van der Waals surface area (Å²) in [4.78, 5) is 16.1. The maximum atomic E-state index is 12.5. The molecule has 0 aromatic heterocycles. The third-order valence-electron chi connectivity index (χ3n) is 5.23. The largest absolute Gasteiger partial charge is 0.346 e. The number of rotatable bonds is 7. The minimum Gasteiger partial charge on any atom is -0.346 e. The molecule has 1 aliphatic rings. The highest BCUT2D eigenvalue weighted by Gasteiger charge is 2.29. The molecule has 0 spiro atoms. The molecule has 1 aliphatic heterocycles. The summed E-state index contributed by atoms with van der Waals surface area (Å²) in [6, 6.07) is 10.8. The van der Waals surface area contributed by atoms with Gasteiger partial charge in [0.15, 0.2) is 0 Å². The molecule has 1 heterocycles. The third kappa shape index (κ3) is 5.35. The van der Waals surface area contributed by atoms with E-state index in [4.69, 9.17) is 0 Å². The molecule has 2 rings (SSSR count). The quantitative estimate of drug-likeness (QED) is 0.820. The first kappa shape index (κ1) is 18.0. The molecule has 0 aliphatic carbocycles. The average molecular weight is 317 g/mol. The number of carbonyl (C=O) groups excluding carboxylic acids is 1. The van der Waals surface area contributed by atoms with Crippen molar-refractivity contribution in [3.63, 3.8) is 0 Å². The van der Waals surface area contributed by atoms with E-state index in [1.54, 1.807) is 4.90 Å². The van der Waals surface area contributed by atoms with Crippen molar-refractivity contribution in [1.82, 2.24) is 4.90 Å². The Kier molecular flexibility index (Phi) is 7.10. The van der Waals surface area contributed by atoms with Gasteiger partial charge in [0.2, 0.25) is 5.91 Å². The first-order chi connectivity index (χ1) is 11.1. The second-order valence-corrected chi connectivity index (χ2v) is 7.15. The van der Waals surface area contributed by atoms with Gasteiger partial charge < -0.3 is 9.80 Å². The van der Waals surface area contributed by atoms with Crippen molar-refractivity contribution >= 4 is 5.91 Å². The van der Waals surface area contributed by atoms with Crippen molar-refractivity contribution in [2.24, 2.45) is 5.92 Å². The van der Waals surface area contributed by atoms with Gasteiger partial charge in [-0.25, -0.2) is 0 Å². The number of hydrogen-bond donors (Lipinski definition) is 1. The first-order valence-electron chi connectivity index (χ1n) is 9.25. The highest BCUT2D eigenvalue weighted by atomic mass is 16.2. The predicted octanol–water partition coefficient (Wildman–Crippen LogP) is 2.34. The molecule has 3 heteroatoms. The van der Waals surface area contributed by atoms with Gasteiger partial charge >= 0.3 is 0 Å². The summed E-state index contributed by atoms with van der Waals surface area (Å²) in [5.74, 6) is 1.21. The van der Waals surface area contributed by atoms with Gasteiger partial charge in [-0.1, -0.05) is 50.6 Å².